The van der Waals surface area contributed by atoms with Crippen molar-refractivity contribution in [3.05, 3.63) is 12.7 Å². The molecule has 0 bridgehead atoms. The summed E-state index contributed by atoms with van der Waals surface area (Å²) in [4.78, 5) is 22.3. The van der Waals surface area contributed by atoms with Crippen LogP contribution in [0.5, 0.6) is 0 Å². The quantitative estimate of drug-likeness (QED) is 0.124. The Kier molecular flexibility index (Phi) is 19.0. The average Bonchev–Trinajstić information content (AvgIpc) is 2.46. The Morgan fingerprint density at radius 2 is 1.60 bits per heavy atom. The maximum atomic E-state index is 12.2. The normalized spacial score (nSPS) is 13.0. The summed E-state index contributed by atoms with van der Waals surface area (Å²) in [6, 6.07) is 0. The third-order valence-corrected chi connectivity index (χ3v) is 5.47. The molecular formula is C15H24Na2O7S. The Hall–Kier alpha value is 0.590. The molecule has 0 fully saturated rings. The van der Waals surface area contributed by atoms with E-state index in [9.17, 15) is 28.2 Å². The van der Waals surface area contributed by atoms with Crippen molar-refractivity contribution in [2.24, 2.45) is 0 Å². The molecule has 0 heterocycles. The molecule has 1 atom stereocenters. The van der Waals surface area contributed by atoms with Crippen molar-refractivity contribution < 1.29 is 91.5 Å². The monoisotopic (exact) mass is 394 g/mol. The molecule has 0 rings (SSSR count). The van der Waals surface area contributed by atoms with Crippen molar-refractivity contribution in [3.8, 4) is 0 Å². The molecule has 7 nitrogen and oxygen atoms in total. The first-order valence-corrected chi connectivity index (χ1v) is 9.05. The van der Waals surface area contributed by atoms with E-state index in [1.54, 1.807) is 0 Å². The number of aliphatic carboxylic acids is 2. The smallest absolute Gasteiger partial charge is 0.550 e. The molecule has 0 saturated heterocycles. The molecule has 134 valence electrons. The van der Waals surface area contributed by atoms with Gasteiger partial charge in [0.1, 0.15) is 4.75 Å². The average molecular weight is 394 g/mol. The van der Waals surface area contributed by atoms with Crippen LogP contribution in [0.4, 0.5) is 0 Å². The van der Waals surface area contributed by atoms with Crippen molar-refractivity contribution in [3.63, 3.8) is 0 Å². The molecule has 0 aromatic rings. The fourth-order valence-electron chi connectivity index (χ4n) is 2.25. The maximum Gasteiger partial charge on any atom is 1.00 e. The zero-order valence-corrected chi connectivity index (χ0v) is 20.2. The molecule has 0 aromatic heterocycles. The van der Waals surface area contributed by atoms with E-state index >= 15 is 0 Å². The Morgan fingerprint density at radius 1 is 1.08 bits per heavy atom. The van der Waals surface area contributed by atoms with Crippen LogP contribution in [0.15, 0.2) is 12.7 Å². The topological polar surface area (TPSA) is 124 Å². The molecule has 0 aliphatic heterocycles. The van der Waals surface area contributed by atoms with E-state index in [1.165, 1.54) is 0 Å². The van der Waals surface area contributed by atoms with Gasteiger partial charge < -0.3 is 19.8 Å². The minimum atomic E-state index is -4.69. The summed E-state index contributed by atoms with van der Waals surface area (Å²) in [5.74, 6) is -3.77. The van der Waals surface area contributed by atoms with E-state index in [0.717, 1.165) is 31.8 Å². The van der Waals surface area contributed by atoms with Crippen molar-refractivity contribution in [2.45, 2.75) is 63.0 Å². The second kappa shape index (κ2) is 15.6. The van der Waals surface area contributed by atoms with E-state index in [1.807, 2.05) is 6.92 Å². The predicted octanol–water partition coefficient (Wildman–Crippen LogP) is -6.09. The van der Waals surface area contributed by atoms with Gasteiger partial charge in [-0.2, -0.15) is 8.42 Å². The number of carbonyl (C=O) groups is 2. The third-order valence-electron chi connectivity index (χ3n) is 3.56. The minimum absolute atomic E-state index is 0. The molecule has 0 spiro atoms. The standard InChI is InChI=1S/C15H26O7S.2Na/c1-3-5-6-7-8-9-10-15(14(18)19,12-13(16)17)23(20,21)22-11-4-2;;/h4H,2-3,5-12H2,1H3,(H,16,17)(H,18,19);;/q;2*+1/p-2. The van der Waals surface area contributed by atoms with Crippen LogP contribution >= 0.6 is 0 Å². The number of rotatable bonds is 14. The zero-order chi connectivity index (χ0) is 17.9. The van der Waals surface area contributed by atoms with Gasteiger partial charge in [-0.1, -0.05) is 51.5 Å². The van der Waals surface area contributed by atoms with Crippen molar-refractivity contribution >= 4 is 22.1 Å². The summed E-state index contributed by atoms with van der Waals surface area (Å²) in [6.07, 6.45) is 4.20. The number of carboxylic acids is 2. The molecule has 0 saturated carbocycles. The first-order valence-electron chi connectivity index (χ1n) is 7.64. The number of unbranched alkanes of at least 4 members (excludes halogenated alkanes) is 5. The van der Waals surface area contributed by atoms with Crippen molar-refractivity contribution in [2.75, 3.05) is 6.61 Å². The van der Waals surface area contributed by atoms with Crippen LogP contribution in [0.25, 0.3) is 0 Å². The first-order chi connectivity index (χ1) is 10.7. The summed E-state index contributed by atoms with van der Waals surface area (Å²) < 4.78 is 26.3. The molecular weight excluding hydrogens is 370 g/mol. The van der Waals surface area contributed by atoms with Crippen LogP contribution < -0.4 is 69.3 Å². The van der Waals surface area contributed by atoms with Gasteiger partial charge in [-0.25, -0.2) is 0 Å². The molecule has 0 aliphatic carbocycles. The Labute approximate surface area is 194 Å². The largest absolute Gasteiger partial charge is 1.00 e. The molecule has 0 aromatic carbocycles. The summed E-state index contributed by atoms with van der Waals surface area (Å²) in [7, 11) is -4.69. The van der Waals surface area contributed by atoms with E-state index in [4.69, 9.17) is 0 Å². The minimum Gasteiger partial charge on any atom is -0.550 e. The number of carboxylic acid groups (broad SMARTS) is 2. The molecule has 0 aliphatic rings. The summed E-state index contributed by atoms with van der Waals surface area (Å²) >= 11 is 0. The third kappa shape index (κ3) is 10.5. The predicted molar refractivity (Wildman–Crippen MR) is 80.4 cm³/mol. The van der Waals surface area contributed by atoms with Gasteiger partial charge in [0.15, 0.2) is 0 Å². The van der Waals surface area contributed by atoms with Crippen LogP contribution in [-0.2, 0) is 23.9 Å². The van der Waals surface area contributed by atoms with Gasteiger partial charge in [0.2, 0.25) is 0 Å². The van der Waals surface area contributed by atoms with Crippen LogP contribution in [-0.4, -0.2) is 31.7 Å². The van der Waals surface area contributed by atoms with Crippen LogP contribution in [0.3, 0.4) is 0 Å². The second-order valence-corrected chi connectivity index (χ2v) is 7.30. The summed E-state index contributed by atoms with van der Waals surface area (Å²) in [5, 5.41) is 22.3. The van der Waals surface area contributed by atoms with E-state index in [0.29, 0.717) is 6.42 Å². The van der Waals surface area contributed by atoms with Crippen molar-refractivity contribution in [1.82, 2.24) is 0 Å². The van der Waals surface area contributed by atoms with Gasteiger partial charge >= 0.3 is 59.1 Å². The molecule has 1 unspecified atom stereocenters. The molecule has 0 N–H and O–H groups in total. The van der Waals surface area contributed by atoms with Gasteiger partial charge in [0, 0.05) is 12.4 Å². The fourth-order valence-corrected chi connectivity index (χ4v) is 3.65. The van der Waals surface area contributed by atoms with Crippen LogP contribution in [0.1, 0.15) is 58.3 Å². The first kappa shape index (κ1) is 30.3. The Balaban J connectivity index is -0.00000242. The Bertz CT molecular complexity index is 508. The number of hydrogen-bond acceptors (Lipinski definition) is 7. The van der Waals surface area contributed by atoms with Crippen molar-refractivity contribution in [1.29, 1.82) is 0 Å². The van der Waals surface area contributed by atoms with Gasteiger partial charge in [-0.3, -0.25) is 4.18 Å². The zero-order valence-electron chi connectivity index (χ0n) is 15.4. The van der Waals surface area contributed by atoms with Gasteiger partial charge in [0.25, 0.3) is 10.1 Å². The molecule has 10 heteroatoms. The summed E-state index contributed by atoms with van der Waals surface area (Å²) in [6.45, 7) is 4.88. The van der Waals surface area contributed by atoms with Gasteiger partial charge in [-0.05, 0) is 6.42 Å². The van der Waals surface area contributed by atoms with Crippen LogP contribution in [0, 0.1) is 0 Å². The number of carbonyl (C=O) groups excluding carboxylic acids is 2. The fraction of sp³-hybridized carbons (Fsp3) is 0.733. The van der Waals surface area contributed by atoms with Gasteiger partial charge in [0.05, 0.1) is 12.6 Å². The van der Waals surface area contributed by atoms with E-state index < -0.39 is 46.3 Å². The van der Waals surface area contributed by atoms with E-state index in [2.05, 4.69) is 10.8 Å². The SMILES string of the molecule is C=CCOS(=O)(=O)C(CCCCCCCC)(CC(=O)[O-])C(=O)[O-].[Na+].[Na+]. The Morgan fingerprint density at radius 3 is 2.04 bits per heavy atom. The van der Waals surface area contributed by atoms with E-state index in [-0.39, 0.29) is 65.5 Å². The van der Waals surface area contributed by atoms with Crippen LogP contribution in [0.2, 0.25) is 0 Å². The second-order valence-electron chi connectivity index (χ2n) is 5.38. The molecule has 25 heavy (non-hydrogen) atoms. The molecule has 0 amide bonds. The molecule has 0 radical (unpaired) electrons. The van der Waals surface area contributed by atoms with Gasteiger partial charge in [-0.15, -0.1) is 6.58 Å². The maximum absolute atomic E-state index is 12.2. The summed E-state index contributed by atoms with van der Waals surface area (Å²) in [5.41, 5.74) is 0. The number of hydrogen-bond donors (Lipinski definition) is 0.